The van der Waals surface area contributed by atoms with E-state index in [2.05, 4.69) is 50.3 Å². The summed E-state index contributed by atoms with van der Waals surface area (Å²) in [6.45, 7) is 3.51. The highest BCUT2D eigenvalue weighted by atomic mass is 31.2. The Morgan fingerprint density at radius 3 is 1.42 bits per heavy atom. The summed E-state index contributed by atoms with van der Waals surface area (Å²) >= 11 is 0. The first-order chi connectivity index (χ1) is 27.8. The molecule has 10 heteroatoms. The zero-order valence-corrected chi connectivity index (χ0v) is 37.7. The van der Waals surface area contributed by atoms with E-state index in [1.807, 2.05) is 0 Å². The van der Waals surface area contributed by atoms with Gasteiger partial charge < -0.3 is 24.6 Å². The number of hydrogen-bond acceptors (Lipinski definition) is 8. The van der Waals surface area contributed by atoms with Crippen LogP contribution >= 0.6 is 7.82 Å². The van der Waals surface area contributed by atoms with Crippen molar-refractivity contribution >= 4 is 13.8 Å². The predicted molar refractivity (Wildman–Crippen MR) is 237 cm³/mol. The Morgan fingerprint density at radius 1 is 0.544 bits per heavy atom. The maximum Gasteiger partial charge on any atom is 0.472 e. The van der Waals surface area contributed by atoms with Crippen molar-refractivity contribution in [3.05, 3.63) is 36.5 Å². The molecule has 0 heterocycles. The molecule has 0 aromatic heterocycles. The van der Waals surface area contributed by atoms with Gasteiger partial charge in [-0.3, -0.25) is 13.8 Å². The quantitative estimate of drug-likeness (QED) is 0.0237. The van der Waals surface area contributed by atoms with Gasteiger partial charge in [-0.2, -0.15) is 0 Å². The molecule has 0 amide bonds. The van der Waals surface area contributed by atoms with E-state index in [0.29, 0.717) is 6.61 Å². The van der Waals surface area contributed by atoms with Gasteiger partial charge in [-0.25, -0.2) is 4.57 Å². The average molecular weight is 829 g/mol. The molecule has 9 nitrogen and oxygen atoms in total. The number of carbonyl (C=O) groups excluding carboxylic acids is 1. The van der Waals surface area contributed by atoms with E-state index in [4.69, 9.17) is 23.6 Å². The Labute approximate surface area is 350 Å². The molecular formula is C47H89O9P. The van der Waals surface area contributed by atoms with Crippen molar-refractivity contribution in [3.63, 3.8) is 0 Å². The molecule has 0 spiro atoms. The summed E-state index contributed by atoms with van der Waals surface area (Å²) in [4.78, 5) is 22.6. The number of carbonyl (C=O) groups is 1. The molecule has 0 saturated heterocycles. The average Bonchev–Trinajstić information content (AvgIpc) is 3.20. The lowest BCUT2D eigenvalue weighted by atomic mass is 10.0. The fraction of sp³-hybridized carbons (Fsp3) is 0.851. The van der Waals surface area contributed by atoms with E-state index in [9.17, 15) is 19.4 Å². The van der Waals surface area contributed by atoms with Crippen LogP contribution in [-0.2, 0) is 27.9 Å². The molecule has 3 N–H and O–H groups in total. The van der Waals surface area contributed by atoms with Crippen LogP contribution in [0.5, 0.6) is 0 Å². The predicted octanol–water partition coefficient (Wildman–Crippen LogP) is 13.2. The van der Waals surface area contributed by atoms with Crippen LogP contribution in [0.3, 0.4) is 0 Å². The van der Waals surface area contributed by atoms with Crippen molar-refractivity contribution in [3.8, 4) is 0 Å². The van der Waals surface area contributed by atoms with E-state index in [1.165, 1.54) is 141 Å². The van der Waals surface area contributed by atoms with Crippen LogP contribution in [0.2, 0.25) is 0 Å². The Bertz CT molecular complexity index is 986. The summed E-state index contributed by atoms with van der Waals surface area (Å²) in [5, 5.41) is 18.4. The molecule has 57 heavy (non-hydrogen) atoms. The second kappa shape index (κ2) is 44.2. The second-order valence-corrected chi connectivity index (χ2v) is 17.2. The lowest BCUT2D eigenvalue weighted by Gasteiger charge is -2.20. The fourth-order valence-electron chi connectivity index (χ4n) is 6.48. The Balaban J connectivity index is 4.06. The molecule has 0 aliphatic rings. The number of ether oxygens (including phenoxy) is 2. The molecule has 0 saturated carbocycles. The number of esters is 1. The molecule has 3 unspecified atom stereocenters. The summed E-state index contributed by atoms with van der Waals surface area (Å²) in [7, 11) is -4.52. The molecule has 336 valence electrons. The van der Waals surface area contributed by atoms with Gasteiger partial charge in [0.15, 0.2) is 0 Å². The van der Waals surface area contributed by atoms with Gasteiger partial charge in [-0.15, -0.1) is 0 Å². The van der Waals surface area contributed by atoms with Crippen LogP contribution in [0.25, 0.3) is 0 Å². The van der Waals surface area contributed by atoms with Crippen LogP contribution < -0.4 is 0 Å². The van der Waals surface area contributed by atoms with Crippen molar-refractivity contribution in [2.45, 2.75) is 225 Å². The van der Waals surface area contributed by atoms with Gasteiger partial charge in [0.05, 0.1) is 26.4 Å². The molecule has 0 radical (unpaired) electrons. The topological polar surface area (TPSA) is 132 Å². The molecule has 0 bridgehead atoms. The Kier molecular flexibility index (Phi) is 43.2. The maximum absolute atomic E-state index is 12.6. The van der Waals surface area contributed by atoms with E-state index in [1.54, 1.807) is 0 Å². The van der Waals surface area contributed by atoms with Crippen LogP contribution in [0.1, 0.15) is 213 Å². The molecule has 0 aliphatic carbocycles. The number of aliphatic hydroxyl groups excluding tert-OH is 2. The van der Waals surface area contributed by atoms with E-state index in [0.717, 1.165) is 51.4 Å². The standard InChI is InChI=1S/C47H89O9P/c1-3-5-7-9-11-13-15-17-18-19-20-21-22-23-24-25-26-27-28-30-32-34-36-38-40-53-43-46(44-55-57(51,52)54-42-45(49)41-48)56-47(50)39-37-35-33-31-29-16-14-12-10-8-6-4-2/h15,17,19-20,22-23,45-46,48-49H,3-14,16,18,21,24-44H2,1-2H3,(H,51,52)/b17-15-,20-19-,23-22-. The zero-order valence-electron chi connectivity index (χ0n) is 36.8. The minimum Gasteiger partial charge on any atom is -0.457 e. The van der Waals surface area contributed by atoms with Gasteiger partial charge in [-0.05, 0) is 51.4 Å². The largest absolute Gasteiger partial charge is 0.472 e. The molecule has 0 rings (SSSR count). The van der Waals surface area contributed by atoms with Crippen molar-refractivity contribution in [2.75, 3.05) is 33.0 Å². The van der Waals surface area contributed by atoms with Crippen molar-refractivity contribution in [1.29, 1.82) is 0 Å². The van der Waals surface area contributed by atoms with Gasteiger partial charge >= 0.3 is 13.8 Å². The van der Waals surface area contributed by atoms with Gasteiger partial charge in [0, 0.05) is 13.0 Å². The normalized spacial score (nSPS) is 14.3. The fourth-order valence-corrected chi connectivity index (χ4v) is 7.27. The van der Waals surface area contributed by atoms with Crippen molar-refractivity contribution in [2.24, 2.45) is 0 Å². The third-order valence-corrected chi connectivity index (χ3v) is 11.0. The lowest BCUT2D eigenvalue weighted by molar-refractivity contribution is -0.154. The smallest absolute Gasteiger partial charge is 0.457 e. The third kappa shape index (κ3) is 44.1. The second-order valence-electron chi connectivity index (χ2n) is 15.8. The Hall–Kier alpha value is -1.32. The number of phosphoric acid groups is 1. The molecule has 3 atom stereocenters. The highest BCUT2D eigenvalue weighted by molar-refractivity contribution is 7.47. The first-order valence-electron chi connectivity index (χ1n) is 23.5. The Morgan fingerprint density at radius 2 is 0.947 bits per heavy atom. The van der Waals surface area contributed by atoms with Crippen LogP contribution in [0.4, 0.5) is 0 Å². The third-order valence-electron chi connectivity index (χ3n) is 10.1. The van der Waals surface area contributed by atoms with Crippen LogP contribution in [-0.4, -0.2) is 66.3 Å². The van der Waals surface area contributed by atoms with E-state index in [-0.39, 0.29) is 25.6 Å². The molecule has 0 aliphatic heterocycles. The van der Waals surface area contributed by atoms with E-state index < -0.39 is 33.2 Å². The van der Waals surface area contributed by atoms with Crippen LogP contribution in [0, 0.1) is 0 Å². The summed E-state index contributed by atoms with van der Waals surface area (Å²) in [5.74, 6) is -0.384. The van der Waals surface area contributed by atoms with Crippen LogP contribution in [0.15, 0.2) is 36.5 Å². The minimum absolute atomic E-state index is 0.0479. The summed E-state index contributed by atoms with van der Waals surface area (Å²) < 4.78 is 33.4. The summed E-state index contributed by atoms with van der Waals surface area (Å²) in [5.41, 5.74) is 0. The molecule has 0 aromatic carbocycles. The lowest BCUT2D eigenvalue weighted by Crippen LogP contribution is -2.29. The molecule has 0 fully saturated rings. The van der Waals surface area contributed by atoms with Crippen molar-refractivity contribution < 1.29 is 43.0 Å². The number of aliphatic hydroxyl groups is 2. The first-order valence-corrected chi connectivity index (χ1v) is 25.0. The minimum atomic E-state index is -4.52. The van der Waals surface area contributed by atoms with Gasteiger partial charge in [-0.1, -0.05) is 192 Å². The highest BCUT2D eigenvalue weighted by Crippen LogP contribution is 2.43. The van der Waals surface area contributed by atoms with Gasteiger partial charge in [0.2, 0.25) is 0 Å². The zero-order chi connectivity index (χ0) is 41.8. The number of allylic oxidation sites excluding steroid dienone is 6. The number of phosphoric ester groups is 1. The summed E-state index contributed by atoms with van der Waals surface area (Å²) in [6, 6.07) is 0. The number of unbranched alkanes of at least 4 members (excludes halogenated alkanes) is 25. The number of rotatable bonds is 45. The van der Waals surface area contributed by atoms with Crippen molar-refractivity contribution in [1.82, 2.24) is 0 Å². The molecule has 0 aromatic rings. The maximum atomic E-state index is 12.6. The van der Waals surface area contributed by atoms with E-state index >= 15 is 0 Å². The SMILES string of the molecule is CCCCCCC/C=C\C/C=C\C/C=C\CCCCCCCCCCCOCC(COP(=O)(O)OCC(O)CO)OC(=O)CCCCCCCCCCCCCC. The summed E-state index contributed by atoms with van der Waals surface area (Å²) in [6.07, 6.45) is 48.2. The first kappa shape index (κ1) is 55.7. The monoisotopic (exact) mass is 829 g/mol. The highest BCUT2D eigenvalue weighted by Gasteiger charge is 2.26. The van der Waals surface area contributed by atoms with Gasteiger partial charge in [0.25, 0.3) is 0 Å². The van der Waals surface area contributed by atoms with Gasteiger partial charge in [0.1, 0.15) is 12.2 Å². The number of hydrogen-bond donors (Lipinski definition) is 3. The molecular weight excluding hydrogens is 739 g/mol.